The van der Waals surface area contributed by atoms with Crippen molar-refractivity contribution < 1.29 is 19.1 Å². The molecule has 1 aliphatic rings. The first-order valence-electron chi connectivity index (χ1n) is 8.98. The Morgan fingerprint density at radius 1 is 1.19 bits per heavy atom. The van der Waals surface area contributed by atoms with Gasteiger partial charge in [0.05, 0.1) is 25.8 Å². The molecule has 2 aromatic carbocycles. The zero-order valence-corrected chi connectivity index (χ0v) is 15.8. The molecular formula is C21H24N2O4. The molecule has 3 rings (SSSR count). The van der Waals surface area contributed by atoms with Gasteiger partial charge in [-0.2, -0.15) is 0 Å². The molecule has 2 amide bonds. The number of carbonyl (C=O) groups is 2. The largest absolute Gasteiger partial charge is 0.497 e. The number of anilines is 2. The van der Waals surface area contributed by atoms with E-state index in [1.165, 1.54) is 0 Å². The number of nitrogens with one attached hydrogen (secondary N) is 1. The molecule has 142 valence electrons. The maximum atomic E-state index is 12.7. The average molecular weight is 368 g/mol. The fourth-order valence-corrected chi connectivity index (χ4v) is 3.31. The van der Waals surface area contributed by atoms with Crippen molar-refractivity contribution >= 4 is 23.2 Å². The maximum Gasteiger partial charge on any atom is 0.229 e. The van der Waals surface area contributed by atoms with Crippen molar-refractivity contribution in [1.82, 2.24) is 0 Å². The monoisotopic (exact) mass is 368 g/mol. The number of aryl methyl sites for hydroxylation is 1. The van der Waals surface area contributed by atoms with Gasteiger partial charge in [0.2, 0.25) is 11.8 Å². The van der Waals surface area contributed by atoms with Gasteiger partial charge in [-0.25, -0.2) is 0 Å². The third-order valence-corrected chi connectivity index (χ3v) is 4.83. The maximum absolute atomic E-state index is 12.7. The Hall–Kier alpha value is -3.02. The summed E-state index contributed by atoms with van der Waals surface area (Å²) in [4.78, 5) is 26.9. The molecule has 1 aliphatic heterocycles. The zero-order valence-electron chi connectivity index (χ0n) is 15.8. The molecule has 1 atom stereocenters. The highest BCUT2D eigenvalue weighted by atomic mass is 16.5. The number of amides is 2. The Labute approximate surface area is 159 Å². The molecule has 27 heavy (non-hydrogen) atoms. The van der Waals surface area contributed by atoms with E-state index in [2.05, 4.69) is 5.32 Å². The SMILES string of the molecule is CCc1ccccc1NC(=O)[C@@H]1CC(=O)N(c2ccc(OC)cc2OC)C1. The predicted molar refractivity (Wildman–Crippen MR) is 104 cm³/mol. The zero-order chi connectivity index (χ0) is 19.4. The van der Waals surface area contributed by atoms with Crippen LogP contribution in [-0.4, -0.2) is 32.6 Å². The van der Waals surface area contributed by atoms with Gasteiger partial charge in [0, 0.05) is 24.7 Å². The van der Waals surface area contributed by atoms with E-state index in [9.17, 15) is 9.59 Å². The molecule has 0 spiro atoms. The number of carbonyl (C=O) groups excluding carboxylic acids is 2. The van der Waals surface area contributed by atoms with Crippen molar-refractivity contribution in [3.05, 3.63) is 48.0 Å². The van der Waals surface area contributed by atoms with E-state index >= 15 is 0 Å². The van der Waals surface area contributed by atoms with Crippen LogP contribution < -0.4 is 19.7 Å². The summed E-state index contributed by atoms with van der Waals surface area (Å²) in [6, 6.07) is 13.0. The minimum atomic E-state index is -0.408. The third kappa shape index (κ3) is 3.89. The summed E-state index contributed by atoms with van der Waals surface area (Å²) in [5.41, 5.74) is 2.52. The Balaban J connectivity index is 1.76. The van der Waals surface area contributed by atoms with E-state index in [4.69, 9.17) is 9.47 Å². The van der Waals surface area contributed by atoms with Gasteiger partial charge in [0.1, 0.15) is 11.5 Å². The van der Waals surface area contributed by atoms with Gasteiger partial charge >= 0.3 is 0 Å². The molecule has 2 aromatic rings. The molecular weight excluding hydrogens is 344 g/mol. The van der Waals surface area contributed by atoms with E-state index in [1.54, 1.807) is 37.3 Å². The highest BCUT2D eigenvalue weighted by Gasteiger charge is 2.36. The number of para-hydroxylation sites is 1. The van der Waals surface area contributed by atoms with E-state index in [0.717, 1.165) is 17.7 Å². The molecule has 0 radical (unpaired) electrons. The molecule has 1 N–H and O–H groups in total. The van der Waals surface area contributed by atoms with Crippen molar-refractivity contribution in [2.45, 2.75) is 19.8 Å². The first-order chi connectivity index (χ1) is 13.1. The predicted octanol–water partition coefficient (Wildman–Crippen LogP) is 3.26. The highest BCUT2D eigenvalue weighted by molar-refractivity contribution is 6.04. The lowest BCUT2D eigenvalue weighted by Gasteiger charge is -2.20. The van der Waals surface area contributed by atoms with Crippen LogP contribution in [0.25, 0.3) is 0 Å². The number of ether oxygens (including phenoxy) is 2. The molecule has 6 heteroatoms. The van der Waals surface area contributed by atoms with Crippen LogP contribution in [0.3, 0.4) is 0 Å². The van der Waals surface area contributed by atoms with Crippen molar-refractivity contribution in [3.63, 3.8) is 0 Å². The van der Waals surface area contributed by atoms with Crippen LogP contribution >= 0.6 is 0 Å². The van der Waals surface area contributed by atoms with E-state index in [1.807, 2.05) is 31.2 Å². The summed E-state index contributed by atoms with van der Waals surface area (Å²) in [7, 11) is 3.12. The smallest absolute Gasteiger partial charge is 0.229 e. The number of hydrogen-bond donors (Lipinski definition) is 1. The molecule has 1 heterocycles. The number of hydrogen-bond acceptors (Lipinski definition) is 4. The van der Waals surface area contributed by atoms with Crippen LogP contribution in [0.4, 0.5) is 11.4 Å². The Kier molecular flexibility index (Phi) is 5.64. The number of nitrogens with zero attached hydrogens (tertiary/aromatic N) is 1. The van der Waals surface area contributed by atoms with Crippen molar-refractivity contribution in [3.8, 4) is 11.5 Å². The van der Waals surface area contributed by atoms with Crippen molar-refractivity contribution in [2.24, 2.45) is 5.92 Å². The summed E-state index contributed by atoms with van der Waals surface area (Å²) in [6.45, 7) is 2.36. The number of benzene rings is 2. The fourth-order valence-electron chi connectivity index (χ4n) is 3.31. The summed E-state index contributed by atoms with van der Waals surface area (Å²) < 4.78 is 10.6. The van der Waals surface area contributed by atoms with E-state index in [-0.39, 0.29) is 18.2 Å². The van der Waals surface area contributed by atoms with Crippen LogP contribution in [-0.2, 0) is 16.0 Å². The molecule has 0 aromatic heterocycles. The second-order valence-corrected chi connectivity index (χ2v) is 6.44. The summed E-state index contributed by atoms with van der Waals surface area (Å²) in [6.07, 6.45) is 1.00. The summed E-state index contributed by atoms with van der Waals surface area (Å²) in [5, 5.41) is 2.97. The molecule has 1 fully saturated rings. The molecule has 0 saturated carbocycles. The van der Waals surface area contributed by atoms with Gasteiger partial charge in [0.15, 0.2) is 0 Å². The molecule has 1 saturated heterocycles. The van der Waals surface area contributed by atoms with Crippen LogP contribution in [0, 0.1) is 5.92 Å². The minimum absolute atomic E-state index is 0.0950. The lowest BCUT2D eigenvalue weighted by molar-refractivity contribution is -0.122. The molecule has 6 nitrogen and oxygen atoms in total. The minimum Gasteiger partial charge on any atom is -0.497 e. The standard InChI is InChI=1S/C21H24N2O4/c1-4-14-7-5-6-8-17(14)22-21(25)15-11-20(24)23(13-15)18-10-9-16(26-2)12-19(18)27-3/h5-10,12,15H,4,11,13H2,1-3H3,(H,22,25)/t15-/m1/s1. The molecule has 0 aliphatic carbocycles. The van der Waals surface area contributed by atoms with Crippen LogP contribution in [0.5, 0.6) is 11.5 Å². The van der Waals surface area contributed by atoms with E-state index < -0.39 is 5.92 Å². The topological polar surface area (TPSA) is 67.9 Å². The normalized spacial score (nSPS) is 16.3. The van der Waals surface area contributed by atoms with Crippen LogP contribution in [0.1, 0.15) is 18.9 Å². The second kappa shape index (κ2) is 8.12. The lowest BCUT2D eigenvalue weighted by Crippen LogP contribution is -2.28. The molecule has 0 bridgehead atoms. The summed E-state index contributed by atoms with van der Waals surface area (Å²) >= 11 is 0. The number of methoxy groups -OCH3 is 2. The first kappa shape index (κ1) is 18.8. The Morgan fingerprint density at radius 3 is 2.67 bits per heavy atom. The van der Waals surface area contributed by atoms with Crippen LogP contribution in [0.15, 0.2) is 42.5 Å². The van der Waals surface area contributed by atoms with Gasteiger partial charge in [-0.05, 0) is 30.2 Å². The quantitative estimate of drug-likeness (QED) is 0.850. The van der Waals surface area contributed by atoms with Gasteiger partial charge in [-0.1, -0.05) is 25.1 Å². The number of rotatable bonds is 6. The van der Waals surface area contributed by atoms with Crippen LogP contribution in [0.2, 0.25) is 0 Å². The molecule has 0 unspecified atom stereocenters. The van der Waals surface area contributed by atoms with Gasteiger partial charge in [0.25, 0.3) is 0 Å². The van der Waals surface area contributed by atoms with E-state index in [0.29, 0.717) is 23.7 Å². The lowest BCUT2D eigenvalue weighted by atomic mass is 10.1. The van der Waals surface area contributed by atoms with Crippen molar-refractivity contribution in [2.75, 3.05) is 31.0 Å². The summed E-state index contributed by atoms with van der Waals surface area (Å²) in [5.74, 6) is 0.545. The third-order valence-electron chi connectivity index (χ3n) is 4.83. The second-order valence-electron chi connectivity index (χ2n) is 6.44. The fraction of sp³-hybridized carbons (Fsp3) is 0.333. The van der Waals surface area contributed by atoms with Gasteiger partial charge < -0.3 is 19.7 Å². The Bertz CT molecular complexity index is 850. The van der Waals surface area contributed by atoms with Crippen molar-refractivity contribution in [1.29, 1.82) is 0 Å². The Morgan fingerprint density at radius 2 is 1.96 bits per heavy atom. The highest BCUT2D eigenvalue weighted by Crippen LogP contribution is 2.36. The first-order valence-corrected chi connectivity index (χ1v) is 8.98. The van der Waals surface area contributed by atoms with Gasteiger partial charge in [-0.3, -0.25) is 9.59 Å². The van der Waals surface area contributed by atoms with Gasteiger partial charge in [-0.15, -0.1) is 0 Å². The average Bonchev–Trinajstić information content (AvgIpc) is 3.09.